The van der Waals surface area contributed by atoms with Crippen molar-refractivity contribution in [3.63, 3.8) is 0 Å². The van der Waals surface area contributed by atoms with E-state index in [2.05, 4.69) is 0 Å². The Labute approximate surface area is 256 Å². The number of carbonyl (C=O) groups excluding carboxylic acids is 3. The summed E-state index contributed by atoms with van der Waals surface area (Å²) in [6.07, 6.45) is 0.927. The van der Waals surface area contributed by atoms with E-state index in [0.29, 0.717) is 29.6 Å². The molecule has 13 heteroatoms. The van der Waals surface area contributed by atoms with Gasteiger partial charge in [0.05, 0.1) is 16.0 Å². The van der Waals surface area contributed by atoms with Gasteiger partial charge in [-0.25, -0.2) is 4.39 Å². The van der Waals surface area contributed by atoms with Crippen molar-refractivity contribution >= 4 is 47.3 Å². The van der Waals surface area contributed by atoms with E-state index < -0.39 is 35.3 Å². The van der Waals surface area contributed by atoms with Crippen LogP contribution in [0, 0.1) is 34.9 Å². The highest BCUT2D eigenvalue weighted by atomic mass is 35.5. The summed E-state index contributed by atoms with van der Waals surface area (Å²) in [6.45, 7) is 0.894. The summed E-state index contributed by atoms with van der Waals surface area (Å²) in [5.41, 5.74) is -2.26. The van der Waals surface area contributed by atoms with Crippen LogP contribution in [0.2, 0.25) is 0 Å². The van der Waals surface area contributed by atoms with Gasteiger partial charge in [-0.15, -0.1) is 4.58 Å². The number of nitrogens with zero attached hydrogens (tertiary/aromatic N) is 3. The van der Waals surface area contributed by atoms with E-state index in [0.717, 1.165) is 0 Å². The zero-order valence-corrected chi connectivity index (χ0v) is 25.0. The first-order valence-corrected chi connectivity index (χ1v) is 15.0. The molecule has 1 aromatic rings. The topological polar surface area (TPSA) is 69.9 Å². The molecule has 3 atom stereocenters. The van der Waals surface area contributed by atoms with Gasteiger partial charge in [-0.3, -0.25) is 9.59 Å². The molecule has 3 amide bonds. The van der Waals surface area contributed by atoms with E-state index in [1.165, 1.54) is 40.8 Å². The third-order valence-electron chi connectivity index (χ3n) is 8.99. The monoisotopic (exact) mass is 644 g/mol. The highest BCUT2D eigenvalue weighted by Gasteiger charge is 2.69. The van der Waals surface area contributed by atoms with Gasteiger partial charge in [0.15, 0.2) is 6.21 Å². The molecule has 3 fully saturated rings. The van der Waals surface area contributed by atoms with Gasteiger partial charge in [0.2, 0.25) is 11.8 Å². The van der Waals surface area contributed by atoms with Crippen LogP contribution in [0.15, 0.2) is 46.5 Å². The van der Waals surface area contributed by atoms with Gasteiger partial charge in [-0.2, -0.15) is 18.0 Å². The first kappa shape index (κ1) is 31.5. The molecule has 232 valence electrons. The number of likely N-dealkylation sites (tertiary alicyclic amines) is 2. The molecule has 0 N–H and O–H groups in total. The van der Waals surface area contributed by atoms with E-state index in [1.807, 2.05) is 12.2 Å². The normalized spacial score (nSPS) is 26.1. The van der Waals surface area contributed by atoms with E-state index in [4.69, 9.17) is 27.9 Å². The number of rotatable bonds is 5. The maximum absolute atomic E-state index is 13.6. The van der Waals surface area contributed by atoms with Gasteiger partial charge in [0, 0.05) is 32.1 Å². The van der Waals surface area contributed by atoms with Crippen LogP contribution in [0.5, 0.6) is 5.75 Å². The molecule has 2 saturated heterocycles. The van der Waals surface area contributed by atoms with Crippen molar-refractivity contribution in [2.24, 2.45) is 29.1 Å². The Morgan fingerprint density at radius 2 is 1.67 bits per heavy atom. The SMILES string of the molecule is C[N+](=CC1CN(C(=O)C2CCN(C(=O)C3(C(F)(F)F)CC3)CC2)CC1C1C=C(Cl)C(Cl)=CC1)C(=O)Oc1ccc(F)cc1. The molecule has 2 aliphatic carbocycles. The summed E-state index contributed by atoms with van der Waals surface area (Å²) < 4.78 is 60.3. The van der Waals surface area contributed by atoms with Crippen molar-refractivity contribution in [3.8, 4) is 5.75 Å². The fourth-order valence-corrected chi connectivity index (χ4v) is 6.66. The molecule has 2 heterocycles. The smallest absolute Gasteiger partial charge is 0.373 e. The summed E-state index contributed by atoms with van der Waals surface area (Å²) in [5, 5.41) is 0.860. The second-order valence-electron chi connectivity index (χ2n) is 11.8. The van der Waals surface area contributed by atoms with Crippen molar-refractivity contribution in [2.75, 3.05) is 33.2 Å². The van der Waals surface area contributed by atoms with Gasteiger partial charge in [0.1, 0.15) is 24.0 Å². The Morgan fingerprint density at radius 3 is 2.26 bits per heavy atom. The summed E-state index contributed by atoms with van der Waals surface area (Å²) in [4.78, 5) is 42.1. The molecule has 0 radical (unpaired) electrons. The predicted molar refractivity (Wildman–Crippen MR) is 151 cm³/mol. The molecule has 0 aromatic heterocycles. The van der Waals surface area contributed by atoms with Crippen LogP contribution in [-0.2, 0) is 9.59 Å². The molecule has 5 rings (SSSR count). The van der Waals surface area contributed by atoms with Crippen molar-refractivity contribution in [1.29, 1.82) is 0 Å². The molecule has 4 aliphatic rings. The van der Waals surface area contributed by atoms with Crippen LogP contribution < -0.4 is 4.74 Å². The minimum atomic E-state index is -4.57. The number of allylic oxidation sites excluding steroid dienone is 4. The van der Waals surface area contributed by atoms with Crippen LogP contribution in [0.1, 0.15) is 32.1 Å². The second-order valence-corrected chi connectivity index (χ2v) is 12.6. The quantitative estimate of drug-likeness (QED) is 0.225. The molecule has 2 aliphatic heterocycles. The number of hydrogen-bond acceptors (Lipinski definition) is 4. The molecule has 0 spiro atoms. The third kappa shape index (κ3) is 6.62. The van der Waals surface area contributed by atoms with E-state index in [-0.39, 0.29) is 68.2 Å². The number of halogens is 6. The Hall–Kier alpha value is -2.92. The molecular weight excluding hydrogens is 613 g/mol. The first-order chi connectivity index (χ1) is 20.3. The fourth-order valence-electron chi connectivity index (χ4n) is 6.27. The molecular formula is C30H32Cl2F4N3O4+. The van der Waals surface area contributed by atoms with Crippen LogP contribution in [-0.4, -0.2) is 77.9 Å². The minimum Gasteiger partial charge on any atom is -0.373 e. The van der Waals surface area contributed by atoms with Crippen molar-refractivity contribution in [3.05, 3.63) is 52.3 Å². The van der Waals surface area contributed by atoms with Crippen LogP contribution in [0.4, 0.5) is 22.4 Å². The Balaban J connectivity index is 1.27. The summed E-state index contributed by atoms with van der Waals surface area (Å²) in [5.74, 6) is -2.14. The van der Waals surface area contributed by atoms with Gasteiger partial charge in [-0.1, -0.05) is 35.4 Å². The number of amides is 3. The van der Waals surface area contributed by atoms with Gasteiger partial charge in [-0.05, 0) is 68.2 Å². The molecule has 1 saturated carbocycles. The lowest BCUT2D eigenvalue weighted by molar-refractivity contribution is -0.405. The minimum absolute atomic E-state index is 0.0628. The lowest BCUT2D eigenvalue weighted by Crippen LogP contribution is -2.49. The number of ether oxygens (including phenoxy) is 1. The van der Waals surface area contributed by atoms with Crippen molar-refractivity contribution < 1.29 is 41.3 Å². The Kier molecular flexibility index (Phi) is 8.96. The molecule has 0 bridgehead atoms. The van der Waals surface area contributed by atoms with Crippen molar-refractivity contribution in [2.45, 2.75) is 38.3 Å². The van der Waals surface area contributed by atoms with E-state index in [9.17, 15) is 31.9 Å². The first-order valence-electron chi connectivity index (χ1n) is 14.2. The van der Waals surface area contributed by atoms with Crippen LogP contribution in [0.3, 0.4) is 0 Å². The Morgan fingerprint density at radius 1 is 1.02 bits per heavy atom. The lowest BCUT2D eigenvalue weighted by Gasteiger charge is -2.35. The maximum atomic E-state index is 13.6. The molecule has 43 heavy (non-hydrogen) atoms. The summed E-state index contributed by atoms with van der Waals surface area (Å²) in [7, 11) is 1.54. The zero-order chi connectivity index (χ0) is 31.1. The van der Waals surface area contributed by atoms with Crippen LogP contribution in [0.25, 0.3) is 0 Å². The largest absolute Gasteiger partial charge is 0.601 e. The van der Waals surface area contributed by atoms with E-state index >= 15 is 0 Å². The molecule has 7 nitrogen and oxygen atoms in total. The summed E-state index contributed by atoms with van der Waals surface area (Å²) >= 11 is 12.5. The van der Waals surface area contributed by atoms with Gasteiger partial charge >= 0.3 is 12.3 Å². The number of hydrogen-bond donors (Lipinski definition) is 0. The number of alkyl halides is 3. The molecule has 1 aromatic carbocycles. The average Bonchev–Trinajstić information content (AvgIpc) is 3.70. The maximum Gasteiger partial charge on any atom is 0.601 e. The molecule has 3 unspecified atom stereocenters. The fraction of sp³-hybridized carbons (Fsp3) is 0.533. The standard InChI is InChI=1S/C30H32Cl2F4N3O4/c1-37(28(42)43-22-5-3-21(33)4-6-22)15-20-16-39(17-23(20)19-2-7-24(31)25(32)14-19)26(40)18-8-12-38(13-9-18)27(41)29(10-11-29)30(34,35)36/h3-7,14-15,18-20,23H,2,8-13,16-17H2,1H3/q+1. The number of benzene rings is 1. The number of piperidine rings is 1. The average molecular weight is 646 g/mol. The lowest BCUT2D eigenvalue weighted by atomic mass is 9.81. The van der Waals surface area contributed by atoms with Gasteiger partial charge in [0.25, 0.3) is 0 Å². The third-order valence-corrected chi connectivity index (χ3v) is 9.77. The van der Waals surface area contributed by atoms with Crippen LogP contribution >= 0.6 is 23.2 Å². The predicted octanol–water partition coefficient (Wildman–Crippen LogP) is 5.96. The Bertz CT molecular complexity index is 1370. The second kappa shape index (κ2) is 12.2. The number of carbonyl (C=O) groups is 3. The van der Waals surface area contributed by atoms with Crippen molar-refractivity contribution in [1.82, 2.24) is 9.80 Å². The van der Waals surface area contributed by atoms with E-state index in [1.54, 1.807) is 11.1 Å². The highest BCUT2D eigenvalue weighted by molar-refractivity contribution is 6.44. The summed E-state index contributed by atoms with van der Waals surface area (Å²) in [6, 6.07) is 5.05. The highest BCUT2D eigenvalue weighted by Crippen LogP contribution is 2.58. The zero-order valence-electron chi connectivity index (χ0n) is 23.5. The van der Waals surface area contributed by atoms with Gasteiger partial charge < -0.3 is 14.5 Å².